The van der Waals surface area contributed by atoms with Crippen LogP contribution >= 0.6 is 0 Å². The number of nitrogens with two attached hydrogens (primary N) is 1. The molecule has 2 fully saturated rings. The Morgan fingerprint density at radius 3 is 2.65 bits per heavy atom. The van der Waals surface area contributed by atoms with E-state index in [4.69, 9.17) is 10.5 Å². The minimum Gasteiger partial charge on any atom is -0.484 e. The van der Waals surface area contributed by atoms with Gasteiger partial charge in [-0.15, -0.1) is 0 Å². The molecule has 0 saturated carbocycles. The third-order valence-corrected chi connectivity index (χ3v) is 6.56. The largest absolute Gasteiger partial charge is 0.484 e. The van der Waals surface area contributed by atoms with Gasteiger partial charge in [0.2, 0.25) is 5.91 Å². The lowest BCUT2D eigenvalue weighted by Gasteiger charge is -2.43. The molecular weight excluding hydrogens is 358 g/mol. The predicted molar refractivity (Wildman–Crippen MR) is 95.2 cm³/mol. The number of piperazine rings is 1. The Morgan fingerprint density at radius 1 is 1.23 bits per heavy atom. The van der Waals surface area contributed by atoms with E-state index in [0.29, 0.717) is 25.4 Å². The molecule has 26 heavy (non-hydrogen) atoms. The number of benzene rings is 1. The first-order valence-electron chi connectivity index (χ1n) is 8.47. The van der Waals surface area contributed by atoms with Crippen LogP contribution in [0.4, 0.5) is 0 Å². The van der Waals surface area contributed by atoms with Crippen molar-refractivity contribution in [2.45, 2.75) is 25.6 Å². The molecule has 9 heteroatoms. The number of primary amides is 1. The molecule has 0 radical (unpaired) electrons. The maximum atomic E-state index is 12.1. The van der Waals surface area contributed by atoms with E-state index in [1.165, 1.54) is 6.92 Å². The van der Waals surface area contributed by atoms with Crippen LogP contribution < -0.4 is 10.5 Å². The Bertz CT molecular complexity index is 810. The SMILES string of the molecule is CC(=O)N1CCN(Cc2cccc(OCC(N)=O)c2)[C@H]2CS(=O)(=O)C[C@H]21. The number of carbonyl (C=O) groups excluding carboxylic acids is 2. The zero-order valence-electron chi connectivity index (χ0n) is 14.6. The van der Waals surface area contributed by atoms with Gasteiger partial charge in [-0.05, 0) is 17.7 Å². The maximum Gasteiger partial charge on any atom is 0.255 e. The molecule has 142 valence electrons. The lowest BCUT2D eigenvalue weighted by Crippen LogP contribution is -2.59. The van der Waals surface area contributed by atoms with Gasteiger partial charge in [0.1, 0.15) is 5.75 Å². The fourth-order valence-electron chi connectivity index (χ4n) is 3.73. The van der Waals surface area contributed by atoms with Crippen LogP contribution in [0.2, 0.25) is 0 Å². The highest BCUT2D eigenvalue weighted by Crippen LogP contribution is 2.28. The standard InChI is InChI=1S/C17H23N3O5S/c1-12(21)20-6-5-19(15-10-26(23,24)11-16(15)20)8-13-3-2-4-14(7-13)25-9-17(18)22/h2-4,7,15-16H,5-6,8-11H2,1H3,(H2,18,22)/t15-,16+/m0/s1. The topological polar surface area (TPSA) is 110 Å². The van der Waals surface area contributed by atoms with Crippen molar-refractivity contribution < 1.29 is 22.7 Å². The number of hydrogen-bond donors (Lipinski definition) is 1. The van der Waals surface area contributed by atoms with Crippen molar-refractivity contribution in [3.8, 4) is 5.75 Å². The molecule has 3 rings (SSSR count). The summed E-state index contributed by atoms with van der Waals surface area (Å²) >= 11 is 0. The van der Waals surface area contributed by atoms with Crippen molar-refractivity contribution in [3.63, 3.8) is 0 Å². The van der Waals surface area contributed by atoms with Gasteiger partial charge in [-0.2, -0.15) is 0 Å². The monoisotopic (exact) mass is 381 g/mol. The number of amides is 2. The number of fused-ring (bicyclic) bond motifs is 1. The molecular formula is C17H23N3O5S. The van der Waals surface area contributed by atoms with E-state index in [1.54, 1.807) is 11.0 Å². The van der Waals surface area contributed by atoms with Gasteiger partial charge in [-0.25, -0.2) is 8.42 Å². The molecule has 1 aromatic rings. The van der Waals surface area contributed by atoms with Crippen molar-refractivity contribution in [1.82, 2.24) is 9.80 Å². The lowest BCUT2D eigenvalue weighted by molar-refractivity contribution is -0.134. The van der Waals surface area contributed by atoms with E-state index in [0.717, 1.165) is 5.56 Å². The summed E-state index contributed by atoms with van der Waals surface area (Å²) in [4.78, 5) is 26.5. The van der Waals surface area contributed by atoms with Crippen LogP contribution in [0.3, 0.4) is 0 Å². The quantitative estimate of drug-likeness (QED) is 0.728. The Hall–Kier alpha value is -2.13. The first kappa shape index (κ1) is 18.7. The Labute approximate surface area is 152 Å². The fraction of sp³-hybridized carbons (Fsp3) is 0.529. The highest BCUT2D eigenvalue weighted by Gasteiger charge is 2.47. The number of hydrogen-bond acceptors (Lipinski definition) is 6. The van der Waals surface area contributed by atoms with E-state index in [1.807, 2.05) is 18.2 Å². The van der Waals surface area contributed by atoms with Crippen LogP contribution in [-0.2, 0) is 26.0 Å². The van der Waals surface area contributed by atoms with Gasteiger partial charge in [0.15, 0.2) is 16.4 Å². The molecule has 0 aliphatic carbocycles. The van der Waals surface area contributed by atoms with Gasteiger partial charge >= 0.3 is 0 Å². The van der Waals surface area contributed by atoms with Gasteiger partial charge < -0.3 is 15.4 Å². The molecule has 2 heterocycles. The average molecular weight is 381 g/mol. The summed E-state index contributed by atoms with van der Waals surface area (Å²) in [6, 6.07) is 6.81. The van der Waals surface area contributed by atoms with Crippen LogP contribution in [0.15, 0.2) is 24.3 Å². The second kappa shape index (κ2) is 7.24. The Morgan fingerprint density at radius 2 is 1.96 bits per heavy atom. The summed E-state index contributed by atoms with van der Waals surface area (Å²) in [6.45, 7) is 2.98. The van der Waals surface area contributed by atoms with Crippen LogP contribution in [0, 0.1) is 0 Å². The van der Waals surface area contributed by atoms with Crippen LogP contribution in [0.1, 0.15) is 12.5 Å². The first-order valence-corrected chi connectivity index (χ1v) is 10.3. The third kappa shape index (κ3) is 4.16. The zero-order valence-corrected chi connectivity index (χ0v) is 15.4. The summed E-state index contributed by atoms with van der Waals surface area (Å²) < 4.78 is 29.6. The molecule has 0 spiro atoms. The van der Waals surface area contributed by atoms with Gasteiger partial charge in [-0.3, -0.25) is 14.5 Å². The van der Waals surface area contributed by atoms with Crippen molar-refractivity contribution in [1.29, 1.82) is 0 Å². The van der Waals surface area contributed by atoms with Gasteiger partial charge in [0, 0.05) is 32.6 Å². The molecule has 0 aromatic heterocycles. The molecule has 0 unspecified atom stereocenters. The smallest absolute Gasteiger partial charge is 0.255 e. The van der Waals surface area contributed by atoms with Crippen LogP contribution in [0.25, 0.3) is 0 Å². The first-order chi connectivity index (χ1) is 12.2. The summed E-state index contributed by atoms with van der Waals surface area (Å²) in [5.74, 6) is 0.00192. The second-order valence-corrected chi connectivity index (χ2v) is 8.95. The van der Waals surface area contributed by atoms with Gasteiger partial charge in [0.05, 0.1) is 17.5 Å². The van der Waals surface area contributed by atoms with Gasteiger partial charge in [-0.1, -0.05) is 12.1 Å². The number of sulfone groups is 1. The van der Waals surface area contributed by atoms with Crippen molar-refractivity contribution in [2.75, 3.05) is 31.2 Å². The normalized spacial score (nSPS) is 24.9. The van der Waals surface area contributed by atoms with E-state index in [2.05, 4.69) is 4.90 Å². The van der Waals surface area contributed by atoms with E-state index in [9.17, 15) is 18.0 Å². The van der Waals surface area contributed by atoms with E-state index in [-0.39, 0.29) is 36.1 Å². The molecule has 2 saturated heterocycles. The molecule has 1 aromatic carbocycles. The molecule has 2 atom stereocenters. The number of rotatable bonds is 5. The summed E-state index contributed by atoms with van der Waals surface area (Å²) in [5, 5.41) is 0. The molecule has 2 aliphatic heterocycles. The Kier molecular flexibility index (Phi) is 5.19. The molecule has 2 aliphatic rings. The second-order valence-electron chi connectivity index (χ2n) is 6.80. The number of carbonyl (C=O) groups is 2. The average Bonchev–Trinajstić information content (AvgIpc) is 2.88. The number of ether oxygens (including phenoxy) is 1. The van der Waals surface area contributed by atoms with Crippen molar-refractivity contribution in [3.05, 3.63) is 29.8 Å². The highest BCUT2D eigenvalue weighted by atomic mass is 32.2. The van der Waals surface area contributed by atoms with Crippen LogP contribution in [-0.4, -0.2) is 73.3 Å². The molecule has 2 amide bonds. The van der Waals surface area contributed by atoms with E-state index < -0.39 is 15.7 Å². The highest BCUT2D eigenvalue weighted by molar-refractivity contribution is 7.91. The van der Waals surface area contributed by atoms with Gasteiger partial charge in [0.25, 0.3) is 5.91 Å². The Balaban J connectivity index is 1.75. The fourth-order valence-corrected chi connectivity index (χ4v) is 5.75. The molecule has 8 nitrogen and oxygen atoms in total. The minimum atomic E-state index is -3.16. The third-order valence-electron chi connectivity index (χ3n) is 4.86. The van der Waals surface area contributed by atoms with Crippen molar-refractivity contribution >= 4 is 21.7 Å². The lowest BCUT2D eigenvalue weighted by atomic mass is 10.0. The summed E-state index contributed by atoms with van der Waals surface area (Å²) in [7, 11) is -3.16. The predicted octanol–water partition coefficient (Wildman–Crippen LogP) is -0.620. The summed E-state index contributed by atoms with van der Waals surface area (Å²) in [5.41, 5.74) is 6.04. The molecule has 2 N–H and O–H groups in total. The van der Waals surface area contributed by atoms with E-state index >= 15 is 0 Å². The van der Waals surface area contributed by atoms with Crippen LogP contribution in [0.5, 0.6) is 5.75 Å². The maximum absolute atomic E-state index is 12.1. The number of nitrogens with zero attached hydrogens (tertiary/aromatic N) is 2. The van der Waals surface area contributed by atoms with Crippen molar-refractivity contribution in [2.24, 2.45) is 5.73 Å². The minimum absolute atomic E-state index is 0.0233. The summed E-state index contributed by atoms with van der Waals surface area (Å²) in [6.07, 6.45) is 0. The zero-order chi connectivity index (χ0) is 18.9. The molecule has 0 bridgehead atoms.